The molecule has 0 saturated carbocycles. The maximum absolute atomic E-state index is 13.3. The minimum Gasteiger partial charge on any atom is -0.461 e. The zero-order valence-electron chi connectivity index (χ0n) is 32.7. The van der Waals surface area contributed by atoms with E-state index in [1.54, 1.807) is 48.5 Å². The second kappa shape index (κ2) is 25.0. The van der Waals surface area contributed by atoms with E-state index in [4.69, 9.17) is 23.7 Å². The van der Waals surface area contributed by atoms with Crippen molar-refractivity contribution < 1.29 is 43.5 Å². The molecule has 0 aromatic heterocycles. The van der Waals surface area contributed by atoms with Crippen molar-refractivity contribution in [2.24, 2.45) is 0 Å². The molecule has 0 spiro atoms. The first kappa shape index (κ1) is 45.3. The second-order valence-electron chi connectivity index (χ2n) is 13.0. The molecule has 4 unspecified atom stereocenters. The summed E-state index contributed by atoms with van der Waals surface area (Å²) in [5.74, 6) is -1.65. The first-order chi connectivity index (χ1) is 28.8. The molecule has 0 aliphatic carbocycles. The molecular formula is C48H48N2O9. The lowest BCUT2D eigenvalue weighted by atomic mass is 9.93. The number of aliphatic hydroxyl groups is 2. The molecule has 4 aromatic carbocycles. The van der Waals surface area contributed by atoms with Crippen molar-refractivity contribution in [2.45, 2.75) is 37.3 Å². The smallest absolute Gasteiger partial charge is 0.349 e. The van der Waals surface area contributed by atoms with Crippen LogP contribution in [0, 0.1) is 22.7 Å². The Labute approximate surface area is 345 Å². The largest absolute Gasteiger partial charge is 0.461 e. The lowest BCUT2D eigenvalue weighted by Crippen LogP contribution is -2.38. The maximum Gasteiger partial charge on any atom is 0.349 e. The summed E-state index contributed by atoms with van der Waals surface area (Å²) in [5, 5.41) is 42.2. The van der Waals surface area contributed by atoms with Gasteiger partial charge in [0.2, 0.25) is 0 Å². The SMILES string of the molecule is C=CCOC(CCOC(=O)C(C#N)=C(c1ccccc1)c1ccccc1)C(O)COCC(O)C(CCOC(=O)C(C#N)=C(c1ccccc1)c1ccccc1)OCC=C. The monoisotopic (exact) mass is 796 g/mol. The number of rotatable bonds is 24. The molecule has 2 N–H and O–H groups in total. The number of nitriles is 2. The standard InChI is InChI=1S/C48H48N2O9/c1-3-27-56-43(25-29-58-47(53)39(31-49)45(35-17-9-5-10-18-35)36-19-11-6-12-20-36)41(51)33-55-34-42(52)44(57-28-4-2)26-30-59-48(54)40(32-50)46(37-21-13-7-14-22-37)38-23-15-8-16-24-38/h3-24,41-44,51-52H,1-2,25-30,33-34H2. The molecule has 0 amide bonds. The predicted octanol–water partition coefficient (Wildman–Crippen LogP) is 6.79. The zero-order valence-corrected chi connectivity index (χ0v) is 32.7. The Morgan fingerprint density at radius 1 is 0.559 bits per heavy atom. The number of hydrogen-bond acceptors (Lipinski definition) is 11. The van der Waals surface area contributed by atoms with Gasteiger partial charge >= 0.3 is 11.9 Å². The summed E-state index contributed by atoms with van der Waals surface area (Å²) < 4.78 is 28.2. The molecular weight excluding hydrogens is 749 g/mol. The van der Waals surface area contributed by atoms with Gasteiger partial charge in [0.15, 0.2) is 0 Å². The number of carbonyl (C=O) groups is 2. The number of ether oxygens (including phenoxy) is 5. The fourth-order valence-corrected chi connectivity index (χ4v) is 6.10. The van der Waals surface area contributed by atoms with E-state index < -0.39 is 36.4 Å². The molecule has 4 atom stereocenters. The van der Waals surface area contributed by atoms with Crippen molar-refractivity contribution in [1.82, 2.24) is 0 Å². The van der Waals surface area contributed by atoms with E-state index >= 15 is 0 Å². The highest BCUT2D eigenvalue weighted by Crippen LogP contribution is 2.29. The summed E-state index contributed by atoms with van der Waals surface area (Å²) in [5.41, 5.74) is 3.23. The Kier molecular flexibility index (Phi) is 19.2. The van der Waals surface area contributed by atoms with Crippen LogP contribution in [0.4, 0.5) is 0 Å². The number of hydrogen-bond donors (Lipinski definition) is 2. The number of esters is 2. The van der Waals surface area contributed by atoms with Crippen LogP contribution in [0.2, 0.25) is 0 Å². The van der Waals surface area contributed by atoms with Crippen LogP contribution in [0.5, 0.6) is 0 Å². The third kappa shape index (κ3) is 13.9. The third-order valence-electron chi connectivity index (χ3n) is 8.94. The van der Waals surface area contributed by atoms with Gasteiger partial charge < -0.3 is 33.9 Å². The molecule has 0 aliphatic rings. The van der Waals surface area contributed by atoms with Crippen molar-refractivity contribution in [3.63, 3.8) is 0 Å². The molecule has 11 nitrogen and oxygen atoms in total. The molecule has 11 heteroatoms. The van der Waals surface area contributed by atoms with Gasteiger partial charge in [-0.1, -0.05) is 133 Å². The quantitative estimate of drug-likeness (QED) is 0.0332. The highest BCUT2D eigenvalue weighted by molar-refractivity contribution is 6.06. The van der Waals surface area contributed by atoms with Gasteiger partial charge in [0.1, 0.15) is 35.5 Å². The van der Waals surface area contributed by atoms with E-state index in [-0.39, 0.29) is 63.6 Å². The van der Waals surface area contributed by atoms with Gasteiger partial charge in [-0.05, 0) is 22.3 Å². The van der Waals surface area contributed by atoms with E-state index in [9.17, 15) is 30.3 Å². The topological polar surface area (TPSA) is 168 Å². The summed E-state index contributed by atoms with van der Waals surface area (Å²) in [6.07, 6.45) is -0.998. The van der Waals surface area contributed by atoms with E-state index in [1.807, 2.05) is 84.9 Å². The average molecular weight is 797 g/mol. The summed E-state index contributed by atoms with van der Waals surface area (Å²) in [6, 6.07) is 40.3. The molecule has 304 valence electrons. The van der Waals surface area contributed by atoms with Crippen molar-refractivity contribution in [1.29, 1.82) is 10.5 Å². The number of aliphatic hydroxyl groups excluding tert-OH is 2. The molecule has 0 bridgehead atoms. The molecule has 4 aromatic rings. The number of nitrogens with zero attached hydrogens (tertiary/aromatic N) is 2. The summed E-state index contributed by atoms with van der Waals surface area (Å²) >= 11 is 0. The Morgan fingerprint density at radius 2 is 0.864 bits per heavy atom. The van der Waals surface area contributed by atoms with Gasteiger partial charge in [0.25, 0.3) is 0 Å². The summed E-state index contributed by atoms with van der Waals surface area (Å²) in [4.78, 5) is 26.6. The van der Waals surface area contributed by atoms with E-state index in [2.05, 4.69) is 13.2 Å². The fraction of sp³-hybridized carbons (Fsp3) is 0.250. The number of carbonyl (C=O) groups excluding carboxylic acids is 2. The van der Waals surface area contributed by atoms with Crippen LogP contribution in [0.3, 0.4) is 0 Å². The van der Waals surface area contributed by atoms with Gasteiger partial charge in [0.05, 0.1) is 51.8 Å². The molecule has 0 fully saturated rings. The average Bonchev–Trinajstić information content (AvgIpc) is 3.27. The van der Waals surface area contributed by atoms with Crippen molar-refractivity contribution in [3.8, 4) is 12.1 Å². The first-order valence-electron chi connectivity index (χ1n) is 19.1. The lowest BCUT2D eigenvalue weighted by Gasteiger charge is -2.25. The number of benzene rings is 4. The van der Waals surface area contributed by atoms with Gasteiger partial charge in [0, 0.05) is 24.0 Å². The molecule has 59 heavy (non-hydrogen) atoms. The molecule has 0 heterocycles. The predicted molar refractivity (Wildman–Crippen MR) is 223 cm³/mol. The lowest BCUT2D eigenvalue weighted by molar-refractivity contribution is -0.141. The van der Waals surface area contributed by atoms with Crippen LogP contribution >= 0.6 is 0 Å². The van der Waals surface area contributed by atoms with E-state index in [0.29, 0.717) is 33.4 Å². The van der Waals surface area contributed by atoms with Crippen LogP contribution < -0.4 is 0 Å². The van der Waals surface area contributed by atoms with E-state index in [0.717, 1.165) is 0 Å². The van der Waals surface area contributed by atoms with Crippen molar-refractivity contribution >= 4 is 23.1 Å². The third-order valence-corrected chi connectivity index (χ3v) is 8.94. The molecule has 0 saturated heterocycles. The maximum atomic E-state index is 13.3. The first-order valence-corrected chi connectivity index (χ1v) is 19.1. The summed E-state index contributed by atoms with van der Waals surface area (Å²) in [7, 11) is 0. The Morgan fingerprint density at radius 3 is 1.14 bits per heavy atom. The Bertz CT molecular complexity index is 1860. The van der Waals surface area contributed by atoms with Gasteiger partial charge in [-0.3, -0.25) is 0 Å². The fourth-order valence-electron chi connectivity index (χ4n) is 6.10. The summed E-state index contributed by atoms with van der Waals surface area (Å²) in [6.45, 7) is 6.61. The van der Waals surface area contributed by atoms with Crippen molar-refractivity contribution in [2.75, 3.05) is 39.6 Å². The highest BCUT2D eigenvalue weighted by Gasteiger charge is 2.26. The minimum absolute atomic E-state index is 0.0587. The normalized spacial score (nSPS) is 12.6. The Hall–Kier alpha value is -6.44. The van der Waals surface area contributed by atoms with Crippen LogP contribution in [0.15, 0.2) is 158 Å². The molecule has 0 radical (unpaired) electrons. The highest BCUT2D eigenvalue weighted by atomic mass is 16.6. The zero-order chi connectivity index (χ0) is 42.2. The van der Waals surface area contributed by atoms with Gasteiger partial charge in [-0.15, -0.1) is 13.2 Å². The molecule has 0 aliphatic heterocycles. The Balaban J connectivity index is 1.34. The van der Waals surface area contributed by atoms with Gasteiger partial charge in [-0.2, -0.15) is 10.5 Å². The van der Waals surface area contributed by atoms with Crippen LogP contribution in [-0.4, -0.2) is 86.2 Å². The molecule has 4 rings (SSSR count). The van der Waals surface area contributed by atoms with Gasteiger partial charge in [-0.25, -0.2) is 9.59 Å². The van der Waals surface area contributed by atoms with Crippen LogP contribution in [-0.2, 0) is 33.3 Å². The van der Waals surface area contributed by atoms with Crippen LogP contribution in [0.1, 0.15) is 35.1 Å². The van der Waals surface area contributed by atoms with Crippen molar-refractivity contribution in [3.05, 3.63) is 180 Å². The van der Waals surface area contributed by atoms with Crippen LogP contribution in [0.25, 0.3) is 11.1 Å². The second-order valence-corrected chi connectivity index (χ2v) is 13.0. The minimum atomic E-state index is -1.20. The van der Waals surface area contributed by atoms with E-state index in [1.165, 1.54) is 12.2 Å².